The Morgan fingerprint density at radius 2 is 1.31 bits per heavy atom. The zero-order valence-electron chi connectivity index (χ0n) is 16.9. The maximum atomic E-state index is 13.1. The Morgan fingerprint density at radius 3 is 1.73 bits per heavy atom. The molecule has 0 saturated heterocycles. The highest BCUT2D eigenvalue weighted by atomic mass is 31.2. The van der Waals surface area contributed by atoms with Crippen molar-refractivity contribution in [3.05, 3.63) is 59.7 Å². The predicted octanol–water partition coefficient (Wildman–Crippen LogP) is 6.44. The Kier molecular flexibility index (Phi) is 5.63. The summed E-state index contributed by atoms with van der Waals surface area (Å²) in [5, 5.41) is 9.11. The van der Waals surface area contributed by atoms with Crippen LogP contribution < -0.4 is 4.52 Å². The SMILES string of the molecule is CC(C)C(C)(C)P(C)(=O)Oc1ccc(C(C)(C)c2ccc(O)cc2)cc1. The van der Waals surface area contributed by atoms with Crippen molar-refractivity contribution in [1.82, 2.24) is 0 Å². The van der Waals surface area contributed by atoms with Crippen molar-refractivity contribution in [2.24, 2.45) is 5.92 Å². The van der Waals surface area contributed by atoms with Crippen LogP contribution in [0.25, 0.3) is 0 Å². The molecule has 26 heavy (non-hydrogen) atoms. The van der Waals surface area contributed by atoms with Gasteiger partial charge in [0.2, 0.25) is 0 Å². The molecular weight excluding hydrogens is 343 g/mol. The van der Waals surface area contributed by atoms with E-state index in [1.54, 1.807) is 18.8 Å². The molecule has 2 aromatic rings. The Bertz CT molecular complexity index is 787. The average molecular weight is 374 g/mol. The largest absolute Gasteiger partial charge is 0.508 e. The van der Waals surface area contributed by atoms with Crippen LogP contribution in [0.4, 0.5) is 0 Å². The first kappa shape index (κ1) is 20.6. The molecule has 1 atom stereocenters. The maximum Gasteiger partial charge on any atom is 0.250 e. The van der Waals surface area contributed by atoms with Gasteiger partial charge in [0, 0.05) is 12.1 Å². The first-order valence-electron chi connectivity index (χ1n) is 9.05. The highest BCUT2D eigenvalue weighted by Crippen LogP contribution is 2.58. The molecule has 0 radical (unpaired) electrons. The topological polar surface area (TPSA) is 46.5 Å². The first-order chi connectivity index (χ1) is 11.9. The summed E-state index contributed by atoms with van der Waals surface area (Å²) in [6.45, 7) is 14.2. The van der Waals surface area contributed by atoms with Gasteiger partial charge in [-0.3, -0.25) is 4.57 Å². The van der Waals surface area contributed by atoms with Gasteiger partial charge in [0.05, 0.1) is 5.16 Å². The van der Waals surface area contributed by atoms with E-state index in [0.717, 1.165) is 11.1 Å². The Balaban J connectivity index is 2.25. The van der Waals surface area contributed by atoms with Crippen molar-refractivity contribution >= 4 is 7.37 Å². The van der Waals surface area contributed by atoms with E-state index in [2.05, 4.69) is 27.7 Å². The molecule has 2 aromatic carbocycles. The number of aromatic hydroxyl groups is 1. The van der Waals surface area contributed by atoms with Crippen LogP contribution >= 0.6 is 7.37 Å². The van der Waals surface area contributed by atoms with Gasteiger partial charge >= 0.3 is 0 Å². The van der Waals surface area contributed by atoms with Crippen LogP contribution in [0, 0.1) is 5.92 Å². The molecule has 2 rings (SSSR count). The summed E-state index contributed by atoms with van der Waals surface area (Å²) in [7, 11) is -2.82. The quantitative estimate of drug-likeness (QED) is 0.592. The van der Waals surface area contributed by atoms with Gasteiger partial charge in [-0.1, -0.05) is 52.0 Å². The second-order valence-corrected chi connectivity index (χ2v) is 11.5. The zero-order chi connectivity index (χ0) is 19.8. The van der Waals surface area contributed by atoms with Crippen molar-refractivity contribution in [1.29, 1.82) is 0 Å². The van der Waals surface area contributed by atoms with Crippen LogP contribution in [0.1, 0.15) is 52.7 Å². The van der Waals surface area contributed by atoms with E-state index < -0.39 is 12.5 Å². The Morgan fingerprint density at radius 1 is 0.885 bits per heavy atom. The zero-order valence-corrected chi connectivity index (χ0v) is 17.8. The predicted molar refractivity (Wildman–Crippen MR) is 110 cm³/mol. The molecule has 0 heterocycles. The third-order valence-corrected chi connectivity index (χ3v) is 9.07. The molecule has 4 heteroatoms. The highest BCUT2D eigenvalue weighted by Gasteiger charge is 2.41. The van der Waals surface area contributed by atoms with E-state index in [1.165, 1.54) is 0 Å². The van der Waals surface area contributed by atoms with Crippen LogP contribution in [0.2, 0.25) is 0 Å². The van der Waals surface area contributed by atoms with Crippen LogP contribution in [0.3, 0.4) is 0 Å². The minimum Gasteiger partial charge on any atom is -0.508 e. The molecule has 0 aliphatic carbocycles. The molecule has 0 aliphatic heterocycles. The third-order valence-electron chi connectivity index (χ3n) is 5.90. The summed E-state index contributed by atoms with van der Waals surface area (Å²) in [5.74, 6) is 1.15. The van der Waals surface area contributed by atoms with Gasteiger partial charge in [-0.2, -0.15) is 0 Å². The standard InChI is InChI=1S/C22H31O3P/c1-16(2)22(5,6)26(7,24)25-20-14-10-18(11-15-20)21(3,4)17-8-12-19(23)13-9-17/h8-16,23H,1-7H3. The van der Waals surface area contributed by atoms with Crippen molar-refractivity contribution in [2.75, 3.05) is 6.66 Å². The molecule has 142 valence electrons. The Labute approximate surface area is 157 Å². The number of phenols is 1. The molecule has 0 aromatic heterocycles. The fourth-order valence-electron chi connectivity index (χ4n) is 2.77. The monoisotopic (exact) mass is 374 g/mol. The van der Waals surface area contributed by atoms with Gasteiger partial charge < -0.3 is 9.63 Å². The number of rotatable bonds is 6. The molecule has 0 bridgehead atoms. The number of phenolic OH excluding ortho intramolecular Hbond substituents is 1. The van der Waals surface area contributed by atoms with Crippen LogP contribution in [0.15, 0.2) is 48.5 Å². The van der Waals surface area contributed by atoms with Crippen molar-refractivity contribution in [3.8, 4) is 11.5 Å². The minimum atomic E-state index is -2.82. The normalized spacial score (nSPS) is 14.9. The van der Waals surface area contributed by atoms with Gasteiger partial charge in [-0.05, 0) is 55.2 Å². The van der Waals surface area contributed by atoms with Crippen molar-refractivity contribution < 1.29 is 14.2 Å². The molecule has 1 N–H and O–H groups in total. The number of hydrogen-bond donors (Lipinski definition) is 1. The first-order valence-corrected chi connectivity index (χ1v) is 11.1. The van der Waals surface area contributed by atoms with Gasteiger partial charge in [-0.25, -0.2) is 0 Å². The van der Waals surface area contributed by atoms with E-state index >= 15 is 0 Å². The summed E-state index contributed by atoms with van der Waals surface area (Å²) in [4.78, 5) is 0. The lowest BCUT2D eigenvalue weighted by molar-refractivity contribution is 0.397. The van der Waals surface area contributed by atoms with Gasteiger partial charge in [0.25, 0.3) is 7.37 Å². The smallest absolute Gasteiger partial charge is 0.250 e. The molecule has 1 unspecified atom stereocenters. The summed E-state index contributed by atoms with van der Waals surface area (Å²) < 4.78 is 19.1. The summed E-state index contributed by atoms with van der Waals surface area (Å²) >= 11 is 0. The Hall–Kier alpha value is -1.73. The highest BCUT2D eigenvalue weighted by molar-refractivity contribution is 7.60. The van der Waals surface area contributed by atoms with E-state index in [1.807, 2.05) is 50.2 Å². The van der Waals surface area contributed by atoms with E-state index in [9.17, 15) is 9.67 Å². The van der Waals surface area contributed by atoms with E-state index in [4.69, 9.17) is 4.52 Å². The van der Waals surface area contributed by atoms with E-state index in [-0.39, 0.29) is 17.1 Å². The number of hydrogen-bond acceptors (Lipinski definition) is 3. The second kappa shape index (κ2) is 7.12. The second-order valence-electron chi connectivity index (χ2n) is 8.44. The molecule has 3 nitrogen and oxygen atoms in total. The molecule has 0 amide bonds. The van der Waals surface area contributed by atoms with Gasteiger partial charge in [-0.15, -0.1) is 0 Å². The number of benzene rings is 2. The van der Waals surface area contributed by atoms with Gasteiger partial charge in [0.1, 0.15) is 11.5 Å². The van der Waals surface area contributed by atoms with Crippen LogP contribution in [-0.4, -0.2) is 16.9 Å². The average Bonchev–Trinajstić information content (AvgIpc) is 2.55. The summed E-state index contributed by atoms with van der Waals surface area (Å²) in [5.41, 5.74) is 2.04. The molecule has 0 aliphatic rings. The molecule has 0 fully saturated rings. The summed E-state index contributed by atoms with van der Waals surface area (Å²) in [6, 6.07) is 15.1. The van der Waals surface area contributed by atoms with Crippen LogP contribution in [-0.2, 0) is 9.98 Å². The van der Waals surface area contributed by atoms with Crippen LogP contribution in [0.5, 0.6) is 11.5 Å². The third kappa shape index (κ3) is 3.99. The van der Waals surface area contributed by atoms with Crippen molar-refractivity contribution in [3.63, 3.8) is 0 Å². The molecule has 0 saturated carbocycles. The minimum absolute atomic E-state index is 0.209. The molecular formula is C22H31O3P. The lowest BCUT2D eigenvalue weighted by atomic mass is 9.78. The lowest BCUT2D eigenvalue weighted by Crippen LogP contribution is -2.29. The summed E-state index contributed by atoms with van der Waals surface area (Å²) in [6.07, 6.45) is 0. The lowest BCUT2D eigenvalue weighted by Gasteiger charge is -2.35. The fraction of sp³-hybridized carbons (Fsp3) is 0.455. The fourth-order valence-corrected chi connectivity index (χ4v) is 4.46. The van der Waals surface area contributed by atoms with E-state index in [0.29, 0.717) is 5.75 Å². The molecule has 0 spiro atoms. The maximum absolute atomic E-state index is 13.1. The van der Waals surface area contributed by atoms with Crippen molar-refractivity contribution in [2.45, 2.75) is 52.1 Å². The van der Waals surface area contributed by atoms with Gasteiger partial charge in [0.15, 0.2) is 0 Å².